The average Bonchev–Trinajstić information content (AvgIpc) is 3.28. The van der Waals surface area contributed by atoms with Crippen LogP contribution < -0.4 is 0 Å². The van der Waals surface area contributed by atoms with Gasteiger partial charge in [-0.15, -0.1) is 10.2 Å². The van der Waals surface area contributed by atoms with Crippen molar-refractivity contribution in [1.82, 2.24) is 24.6 Å². The minimum absolute atomic E-state index is 0.280. The second-order valence-electron chi connectivity index (χ2n) is 7.17. The van der Waals surface area contributed by atoms with Gasteiger partial charge in [-0.3, -0.25) is 9.69 Å². The van der Waals surface area contributed by atoms with Gasteiger partial charge >= 0.3 is 0 Å². The Balaban J connectivity index is 1.35. The summed E-state index contributed by atoms with van der Waals surface area (Å²) in [6, 6.07) is 0. The molecule has 1 saturated heterocycles. The summed E-state index contributed by atoms with van der Waals surface area (Å²) in [4.78, 5) is 16.7. The Hall–Kier alpha value is -1.43. The molecule has 2 fully saturated rings. The molecule has 3 aliphatic rings. The molecule has 4 rings (SSSR count). The van der Waals surface area contributed by atoms with Crippen LogP contribution in [0.2, 0.25) is 0 Å². The third kappa shape index (κ3) is 2.76. The highest BCUT2D eigenvalue weighted by atomic mass is 16.2. The van der Waals surface area contributed by atoms with E-state index < -0.39 is 0 Å². The summed E-state index contributed by atoms with van der Waals surface area (Å²) in [5.41, 5.74) is 0. The van der Waals surface area contributed by atoms with E-state index in [1.165, 1.54) is 18.7 Å². The molecule has 120 valence electrons. The van der Waals surface area contributed by atoms with Crippen molar-refractivity contribution in [2.24, 2.45) is 5.92 Å². The molecule has 0 aromatic carbocycles. The van der Waals surface area contributed by atoms with Gasteiger partial charge in [0, 0.05) is 32.1 Å². The van der Waals surface area contributed by atoms with Gasteiger partial charge in [0.2, 0.25) is 5.91 Å². The minimum Gasteiger partial charge on any atom is -0.342 e. The smallest absolute Gasteiger partial charge is 0.236 e. The van der Waals surface area contributed by atoms with Gasteiger partial charge < -0.3 is 9.47 Å². The lowest BCUT2D eigenvalue weighted by molar-refractivity contribution is -0.134. The Morgan fingerprint density at radius 1 is 1.09 bits per heavy atom. The highest BCUT2D eigenvalue weighted by Gasteiger charge is 2.32. The third-order valence-electron chi connectivity index (χ3n) is 5.30. The van der Waals surface area contributed by atoms with E-state index in [2.05, 4.69) is 26.6 Å². The van der Waals surface area contributed by atoms with Crippen LogP contribution in [0.25, 0.3) is 0 Å². The Kier molecular flexibility index (Phi) is 3.64. The van der Waals surface area contributed by atoms with E-state index >= 15 is 0 Å². The Morgan fingerprint density at radius 2 is 1.86 bits per heavy atom. The molecule has 0 unspecified atom stereocenters. The predicted molar refractivity (Wildman–Crippen MR) is 82.3 cm³/mol. The zero-order valence-electron chi connectivity index (χ0n) is 13.4. The number of carbonyl (C=O) groups is 1. The van der Waals surface area contributed by atoms with Crippen LogP contribution in [-0.4, -0.2) is 56.7 Å². The lowest BCUT2D eigenvalue weighted by Gasteiger charge is -2.33. The van der Waals surface area contributed by atoms with Gasteiger partial charge in [0.1, 0.15) is 11.6 Å². The van der Waals surface area contributed by atoms with Gasteiger partial charge in [0.05, 0.1) is 13.1 Å². The van der Waals surface area contributed by atoms with Crippen molar-refractivity contribution in [2.75, 3.05) is 26.2 Å². The molecule has 22 heavy (non-hydrogen) atoms. The van der Waals surface area contributed by atoms with E-state index in [0.29, 0.717) is 12.5 Å². The van der Waals surface area contributed by atoms with E-state index in [4.69, 9.17) is 0 Å². The van der Waals surface area contributed by atoms with Crippen LogP contribution in [-0.2, 0) is 17.9 Å². The van der Waals surface area contributed by atoms with E-state index in [1.807, 2.05) is 4.90 Å². The van der Waals surface area contributed by atoms with Crippen LogP contribution in [0, 0.1) is 5.92 Å². The van der Waals surface area contributed by atoms with E-state index in [1.54, 1.807) is 0 Å². The largest absolute Gasteiger partial charge is 0.342 e. The Bertz CT molecular complexity index is 557. The van der Waals surface area contributed by atoms with Crippen molar-refractivity contribution in [3.05, 3.63) is 11.6 Å². The number of likely N-dealkylation sites (tertiary alicyclic amines) is 1. The first-order chi connectivity index (χ1) is 10.7. The lowest BCUT2D eigenvalue weighted by atomic mass is 9.99. The summed E-state index contributed by atoms with van der Waals surface area (Å²) >= 11 is 0. The van der Waals surface area contributed by atoms with Crippen molar-refractivity contribution in [3.8, 4) is 0 Å². The monoisotopic (exact) mass is 303 g/mol. The van der Waals surface area contributed by atoms with Gasteiger partial charge in [-0.25, -0.2) is 0 Å². The fraction of sp³-hybridized carbons (Fsp3) is 0.812. The fourth-order valence-electron chi connectivity index (χ4n) is 3.56. The number of amides is 1. The average molecular weight is 303 g/mol. The second-order valence-corrected chi connectivity index (χ2v) is 7.17. The Labute approximate surface area is 131 Å². The van der Waals surface area contributed by atoms with Crippen LogP contribution in [0.15, 0.2) is 0 Å². The molecule has 1 amide bonds. The van der Waals surface area contributed by atoms with Gasteiger partial charge in [-0.1, -0.05) is 6.92 Å². The molecule has 1 aromatic heterocycles. The first-order valence-electron chi connectivity index (χ1n) is 8.63. The first kappa shape index (κ1) is 14.2. The van der Waals surface area contributed by atoms with Crippen LogP contribution >= 0.6 is 0 Å². The predicted octanol–water partition coefficient (Wildman–Crippen LogP) is 1.23. The molecule has 0 atom stereocenters. The van der Waals surface area contributed by atoms with E-state index in [-0.39, 0.29) is 5.91 Å². The zero-order chi connectivity index (χ0) is 15.1. The molecule has 0 spiro atoms. The van der Waals surface area contributed by atoms with E-state index in [9.17, 15) is 4.79 Å². The highest BCUT2D eigenvalue weighted by molar-refractivity contribution is 5.78. The van der Waals surface area contributed by atoms with Crippen molar-refractivity contribution in [3.63, 3.8) is 0 Å². The third-order valence-corrected chi connectivity index (χ3v) is 5.30. The number of fused-ring (bicyclic) bond motifs is 1. The van der Waals surface area contributed by atoms with Crippen molar-refractivity contribution >= 4 is 5.91 Å². The summed E-state index contributed by atoms with van der Waals surface area (Å²) in [5, 5.41) is 8.71. The van der Waals surface area contributed by atoms with Crippen molar-refractivity contribution in [1.29, 1.82) is 0 Å². The molecule has 0 radical (unpaired) electrons. The molecule has 6 nitrogen and oxygen atoms in total. The summed E-state index contributed by atoms with van der Waals surface area (Å²) in [7, 11) is 0. The number of hydrogen-bond acceptors (Lipinski definition) is 4. The number of hydrogen-bond donors (Lipinski definition) is 0. The number of nitrogens with zero attached hydrogens (tertiary/aromatic N) is 5. The number of carbonyl (C=O) groups excluding carboxylic acids is 1. The summed E-state index contributed by atoms with van der Waals surface area (Å²) in [6.45, 7) is 7.28. The maximum atomic E-state index is 12.4. The van der Waals surface area contributed by atoms with Gasteiger partial charge in [0.15, 0.2) is 0 Å². The normalized spacial score (nSPS) is 23.6. The van der Waals surface area contributed by atoms with Crippen LogP contribution in [0.5, 0.6) is 0 Å². The maximum absolute atomic E-state index is 12.4. The SMILES string of the molecule is CC1CCN(C(=O)CN2CCn3c(nnc3C3CC3)C2)CC1. The molecule has 1 saturated carbocycles. The number of piperidine rings is 1. The zero-order valence-corrected chi connectivity index (χ0v) is 13.4. The van der Waals surface area contributed by atoms with Crippen molar-refractivity contribution in [2.45, 2.75) is 51.6 Å². The van der Waals surface area contributed by atoms with Crippen molar-refractivity contribution < 1.29 is 4.79 Å². The van der Waals surface area contributed by atoms with E-state index in [0.717, 1.165) is 57.3 Å². The Morgan fingerprint density at radius 3 is 2.59 bits per heavy atom. The minimum atomic E-state index is 0.280. The maximum Gasteiger partial charge on any atom is 0.236 e. The highest BCUT2D eigenvalue weighted by Crippen LogP contribution is 2.39. The number of aromatic nitrogens is 3. The molecule has 2 aliphatic heterocycles. The summed E-state index contributed by atoms with van der Waals surface area (Å²) < 4.78 is 2.28. The van der Waals surface area contributed by atoms with Gasteiger partial charge in [-0.2, -0.15) is 0 Å². The fourth-order valence-corrected chi connectivity index (χ4v) is 3.56. The van der Waals surface area contributed by atoms with Crippen LogP contribution in [0.3, 0.4) is 0 Å². The van der Waals surface area contributed by atoms with Crippen LogP contribution in [0.4, 0.5) is 0 Å². The molecule has 3 heterocycles. The molecule has 6 heteroatoms. The first-order valence-corrected chi connectivity index (χ1v) is 8.63. The van der Waals surface area contributed by atoms with Gasteiger partial charge in [0.25, 0.3) is 0 Å². The lowest BCUT2D eigenvalue weighted by Crippen LogP contribution is -2.45. The van der Waals surface area contributed by atoms with Gasteiger partial charge in [-0.05, 0) is 31.6 Å². The quantitative estimate of drug-likeness (QED) is 0.843. The molecular weight excluding hydrogens is 278 g/mol. The number of rotatable bonds is 3. The molecule has 0 bridgehead atoms. The summed E-state index contributed by atoms with van der Waals surface area (Å²) in [6.07, 6.45) is 4.80. The topological polar surface area (TPSA) is 54.3 Å². The molecule has 1 aliphatic carbocycles. The second kappa shape index (κ2) is 5.65. The van der Waals surface area contributed by atoms with Crippen LogP contribution in [0.1, 0.15) is 50.2 Å². The molecule has 0 N–H and O–H groups in total. The molecule has 1 aromatic rings. The summed E-state index contributed by atoms with van der Waals surface area (Å²) in [5.74, 6) is 3.89. The molecular formula is C16H25N5O. The standard InChI is InChI=1S/C16H25N5O/c1-12-4-6-20(7-5-12)15(22)11-19-8-9-21-14(10-19)17-18-16(21)13-2-3-13/h12-13H,2-11H2,1H3.